The minimum absolute atomic E-state index is 0.0419. The lowest BCUT2D eigenvalue weighted by Crippen LogP contribution is -2.18. The maximum Gasteiger partial charge on any atom is 0.0682 e. The van der Waals surface area contributed by atoms with Crippen molar-refractivity contribution in [2.75, 3.05) is 20.2 Å². The van der Waals surface area contributed by atoms with E-state index in [2.05, 4.69) is 39.3 Å². The van der Waals surface area contributed by atoms with Gasteiger partial charge in [-0.3, -0.25) is 0 Å². The zero-order valence-corrected chi connectivity index (χ0v) is 10.4. The van der Waals surface area contributed by atoms with Crippen LogP contribution >= 0.6 is 0 Å². The van der Waals surface area contributed by atoms with Gasteiger partial charge in [0.2, 0.25) is 0 Å². The highest BCUT2D eigenvalue weighted by atomic mass is 16.3. The Morgan fingerprint density at radius 1 is 1.40 bits per heavy atom. The van der Waals surface area contributed by atoms with Crippen molar-refractivity contribution in [3.63, 3.8) is 0 Å². The molecular weight excluding hydrogens is 186 g/mol. The Bertz CT molecular complexity index is 260. The van der Waals surface area contributed by atoms with E-state index in [4.69, 9.17) is 5.11 Å². The molecule has 0 aliphatic rings. The number of rotatable bonds is 6. The summed E-state index contributed by atoms with van der Waals surface area (Å²) in [6.45, 7) is 11.1. The third-order valence-corrected chi connectivity index (χ3v) is 2.25. The van der Waals surface area contributed by atoms with Crippen molar-refractivity contribution in [1.29, 1.82) is 0 Å². The van der Waals surface area contributed by atoms with Gasteiger partial charge in [-0.1, -0.05) is 25.2 Å². The molecule has 0 bridgehead atoms. The van der Waals surface area contributed by atoms with E-state index in [1.165, 1.54) is 11.3 Å². The van der Waals surface area contributed by atoms with E-state index in [-0.39, 0.29) is 6.61 Å². The molecule has 15 heavy (non-hydrogen) atoms. The highest BCUT2D eigenvalue weighted by Gasteiger charge is 2.03. The Labute approximate surface area is 93.6 Å². The van der Waals surface area contributed by atoms with Crippen LogP contribution in [-0.2, 0) is 0 Å². The second-order valence-electron chi connectivity index (χ2n) is 3.89. The molecular formula is C13H23NO. The molecule has 0 atom stereocenters. The van der Waals surface area contributed by atoms with Crippen LogP contribution in [0.25, 0.3) is 0 Å². The number of allylic oxidation sites excluding steroid dienone is 2. The van der Waals surface area contributed by atoms with Gasteiger partial charge in [0.15, 0.2) is 0 Å². The predicted octanol–water partition coefficient (Wildman–Crippen LogP) is 2.73. The Balaban J connectivity index is 4.93. The van der Waals surface area contributed by atoms with E-state index in [1.807, 2.05) is 6.08 Å². The van der Waals surface area contributed by atoms with E-state index >= 15 is 0 Å². The molecule has 86 valence electrons. The zero-order chi connectivity index (χ0) is 11.8. The Hall–Kier alpha value is -1.02. The predicted molar refractivity (Wildman–Crippen MR) is 66.7 cm³/mol. The molecule has 0 radical (unpaired) electrons. The normalized spacial score (nSPS) is 11.1. The first-order valence-electron chi connectivity index (χ1n) is 5.39. The second-order valence-corrected chi connectivity index (χ2v) is 3.89. The molecule has 0 aliphatic heterocycles. The minimum atomic E-state index is 0.0419. The smallest absolute Gasteiger partial charge is 0.0682 e. The van der Waals surface area contributed by atoms with Gasteiger partial charge >= 0.3 is 0 Å². The van der Waals surface area contributed by atoms with E-state index in [9.17, 15) is 0 Å². The first-order valence-corrected chi connectivity index (χ1v) is 5.39. The van der Waals surface area contributed by atoms with Gasteiger partial charge in [0, 0.05) is 19.3 Å². The van der Waals surface area contributed by atoms with Crippen LogP contribution < -0.4 is 0 Å². The molecule has 0 aromatic rings. The van der Waals surface area contributed by atoms with Crippen LogP contribution in [0, 0.1) is 0 Å². The van der Waals surface area contributed by atoms with Crippen LogP contribution in [0.4, 0.5) is 0 Å². The Morgan fingerprint density at radius 3 is 2.33 bits per heavy atom. The monoisotopic (exact) mass is 209 g/mol. The van der Waals surface area contributed by atoms with Crippen LogP contribution in [0.5, 0.6) is 0 Å². The van der Waals surface area contributed by atoms with Crippen molar-refractivity contribution < 1.29 is 5.11 Å². The third kappa shape index (κ3) is 4.84. The van der Waals surface area contributed by atoms with Gasteiger partial charge in [-0.2, -0.15) is 0 Å². The summed E-state index contributed by atoms with van der Waals surface area (Å²) in [5, 5.41) is 9.09. The average molecular weight is 209 g/mol. The van der Waals surface area contributed by atoms with Gasteiger partial charge in [-0.25, -0.2) is 0 Å². The fraction of sp³-hybridized carbons (Fsp3) is 0.538. The van der Waals surface area contributed by atoms with E-state index in [0.717, 1.165) is 18.5 Å². The van der Waals surface area contributed by atoms with Crippen molar-refractivity contribution in [2.45, 2.75) is 27.2 Å². The molecule has 1 N–H and O–H groups in total. The number of nitrogens with zero attached hydrogens (tertiary/aromatic N) is 1. The van der Waals surface area contributed by atoms with Crippen LogP contribution in [0.2, 0.25) is 0 Å². The van der Waals surface area contributed by atoms with Crippen molar-refractivity contribution in [3.8, 4) is 0 Å². The summed E-state index contributed by atoms with van der Waals surface area (Å²) in [5.41, 5.74) is 3.27. The topological polar surface area (TPSA) is 23.5 Å². The summed E-state index contributed by atoms with van der Waals surface area (Å²) in [5.74, 6) is 0. The minimum Gasteiger partial charge on any atom is -0.392 e. The molecule has 0 fully saturated rings. The Kier molecular flexibility index (Phi) is 6.80. The van der Waals surface area contributed by atoms with Crippen molar-refractivity contribution >= 4 is 0 Å². The van der Waals surface area contributed by atoms with Crippen molar-refractivity contribution in [3.05, 3.63) is 35.6 Å². The molecule has 0 saturated heterocycles. The molecule has 2 nitrogen and oxygen atoms in total. The molecule has 0 unspecified atom stereocenters. The van der Waals surface area contributed by atoms with E-state index in [1.54, 1.807) is 6.08 Å². The first-order chi connectivity index (χ1) is 7.06. The lowest BCUT2D eigenvalue weighted by Gasteiger charge is -2.22. The van der Waals surface area contributed by atoms with E-state index in [0.29, 0.717) is 0 Å². The molecule has 0 aromatic heterocycles. The van der Waals surface area contributed by atoms with Crippen LogP contribution in [-0.4, -0.2) is 30.2 Å². The van der Waals surface area contributed by atoms with Gasteiger partial charge in [-0.15, -0.1) is 0 Å². The van der Waals surface area contributed by atoms with Crippen LogP contribution in [0.1, 0.15) is 27.2 Å². The lowest BCUT2D eigenvalue weighted by atomic mass is 10.1. The average Bonchev–Trinajstić information content (AvgIpc) is 2.19. The SMILES string of the molecule is C=C/C(=C\C(=C(C)C)N(C)CCC)CO. The molecule has 0 heterocycles. The summed E-state index contributed by atoms with van der Waals surface area (Å²) in [4.78, 5) is 2.20. The fourth-order valence-electron chi connectivity index (χ4n) is 1.44. The largest absolute Gasteiger partial charge is 0.392 e. The number of aliphatic hydroxyl groups excluding tert-OH is 1. The molecule has 2 heteroatoms. The first kappa shape index (κ1) is 14.0. The Morgan fingerprint density at radius 2 is 2.00 bits per heavy atom. The van der Waals surface area contributed by atoms with Gasteiger partial charge in [0.25, 0.3) is 0 Å². The second kappa shape index (κ2) is 7.30. The van der Waals surface area contributed by atoms with Gasteiger partial charge in [0.05, 0.1) is 6.61 Å². The molecule has 0 amide bonds. The number of likely N-dealkylation sites (N-methyl/N-ethyl adjacent to an activating group) is 1. The highest BCUT2D eigenvalue weighted by Crippen LogP contribution is 2.13. The summed E-state index contributed by atoms with van der Waals surface area (Å²) < 4.78 is 0. The summed E-state index contributed by atoms with van der Waals surface area (Å²) in [6.07, 6.45) is 4.81. The van der Waals surface area contributed by atoms with Crippen LogP contribution in [0.15, 0.2) is 35.6 Å². The van der Waals surface area contributed by atoms with E-state index < -0.39 is 0 Å². The standard InChI is InChI=1S/C13H23NO/c1-6-8-14(5)13(11(3)4)9-12(7-2)10-15/h7,9,15H,2,6,8,10H2,1,3-5H3/b12-9+. The zero-order valence-electron chi connectivity index (χ0n) is 10.4. The maximum atomic E-state index is 9.09. The lowest BCUT2D eigenvalue weighted by molar-refractivity contribution is 0.334. The summed E-state index contributed by atoms with van der Waals surface area (Å²) >= 11 is 0. The van der Waals surface area contributed by atoms with Crippen LogP contribution in [0.3, 0.4) is 0 Å². The molecule has 0 saturated carbocycles. The van der Waals surface area contributed by atoms with Gasteiger partial charge in [0.1, 0.15) is 0 Å². The molecule has 0 rings (SSSR count). The van der Waals surface area contributed by atoms with Gasteiger partial charge < -0.3 is 10.0 Å². The molecule has 0 aromatic carbocycles. The fourth-order valence-corrected chi connectivity index (χ4v) is 1.44. The quantitative estimate of drug-likeness (QED) is 0.680. The molecule has 0 aliphatic carbocycles. The number of hydrogen-bond acceptors (Lipinski definition) is 2. The summed E-state index contributed by atoms with van der Waals surface area (Å²) in [6, 6.07) is 0. The summed E-state index contributed by atoms with van der Waals surface area (Å²) in [7, 11) is 2.07. The number of hydrogen-bond donors (Lipinski definition) is 1. The third-order valence-electron chi connectivity index (χ3n) is 2.25. The van der Waals surface area contributed by atoms with Crippen molar-refractivity contribution in [2.24, 2.45) is 0 Å². The highest BCUT2D eigenvalue weighted by molar-refractivity contribution is 5.31. The molecule has 0 spiro atoms. The van der Waals surface area contributed by atoms with Crippen molar-refractivity contribution in [1.82, 2.24) is 4.90 Å². The number of aliphatic hydroxyl groups is 1. The van der Waals surface area contributed by atoms with Gasteiger partial charge in [-0.05, 0) is 31.9 Å². The maximum absolute atomic E-state index is 9.09.